The highest BCUT2D eigenvalue weighted by atomic mass is 16.5. The zero-order valence-corrected chi connectivity index (χ0v) is 9.65. The lowest BCUT2D eigenvalue weighted by atomic mass is 10.0. The van der Waals surface area contributed by atoms with E-state index in [9.17, 15) is 4.79 Å². The molecule has 1 aromatic rings. The first-order valence-electron chi connectivity index (χ1n) is 4.95. The molecular weight excluding hydrogens is 208 g/mol. The Morgan fingerprint density at radius 2 is 2.25 bits per heavy atom. The number of methoxy groups -OCH3 is 1. The second-order valence-electron chi connectivity index (χ2n) is 3.67. The van der Waals surface area contributed by atoms with E-state index in [1.807, 2.05) is 6.92 Å². The van der Waals surface area contributed by atoms with Crippen LogP contribution in [0.25, 0.3) is 0 Å². The molecule has 1 unspecified atom stereocenters. The van der Waals surface area contributed by atoms with Crippen LogP contribution in [0, 0.1) is 13.8 Å². The quantitative estimate of drug-likeness (QED) is 0.802. The van der Waals surface area contributed by atoms with Gasteiger partial charge in [-0.3, -0.25) is 9.78 Å². The van der Waals surface area contributed by atoms with Crippen molar-refractivity contribution in [3.63, 3.8) is 0 Å². The number of aryl methyl sites for hydroxylation is 2. The highest BCUT2D eigenvalue weighted by molar-refractivity contribution is 5.68. The number of carbonyl (C=O) groups is 1. The molecule has 0 aliphatic heterocycles. The van der Waals surface area contributed by atoms with Crippen molar-refractivity contribution < 1.29 is 14.6 Å². The Hall–Kier alpha value is -1.62. The molecule has 0 bridgehead atoms. The largest absolute Gasteiger partial charge is 0.496 e. The molecule has 5 heteroatoms. The fourth-order valence-electron chi connectivity index (χ4n) is 1.71. The number of carboxylic acid groups (broad SMARTS) is 1. The van der Waals surface area contributed by atoms with Gasteiger partial charge < -0.3 is 15.6 Å². The first-order valence-corrected chi connectivity index (χ1v) is 4.95. The van der Waals surface area contributed by atoms with Crippen molar-refractivity contribution in [2.24, 2.45) is 5.73 Å². The Kier molecular flexibility index (Phi) is 3.84. The van der Waals surface area contributed by atoms with Gasteiger partial charge in [-0.1, -0.05) is 0 Å². The lowest BCUT2D eigenvalue weighted by molar-refractivity contribution is -0.137. The van der Waals surface area contributed by atoms with Crippen LogP contribution in [0.15, 0.2) is 6.07 Å². The van der Waals surface area contributed by atoms with Gasteiger partial charge in [0.1, 0.15) is 5.75 Å². The van der Waals surface area contributed by atoms with Crippen molar-refractivity contribution in [2.75, 3.05) is 7.11 Å². The van der Waals surface area contributed by atoms with Crippen LogP contribution < -0.4 is 10.5 Å². The summed E-state index contributed by atoms with van der Waals surface area (Å²) in [7, 11) is 1.53. The first kappa shape index (κ1) is 12.4. The summed E-state index contributed by atoms with van der Waals surface area (Å²) in [5.41, 5.74) is 8.02. The van der Waals surface area contributed by atoms with Gasteiger partial charge in [-0.2, -0.15) is 0 Å². The maximum Gasteiger partial charge on any atom is 0.305 e. The van der Waals surface area contributed by atoms with Crippen LogP contribution in [-0.4, -0.2) is 23.2 Å². The first-order chi connectivity index (χ1) is 7.45. The molecule has 1 atom stereocenters. The highest BCUT2D eigenvalue weighted by Gasteiger charge is 2.18. The third-order valence-corrected chi connectivity index (χ3v) is 2.32. The number of carboxylic acids is 1. The minimum Gasteiger partial charge on any atom is -0.496 e. The second kappa shape index (κ2) is 4.94. The van der Waals surface area contributed by atoms with E-state index in [-0.39, 0.29) is 6.42 Å². The molecule has 0 spiro atoms. The normalized spacial score (nSPS) is 12.2. The second-order valence-corrected chi connectivity index (χ2v) is 3.67. The Labute approximate surface area is 94.2 Å². The molecule has 3 N–H and O–H groups in total. The van der Waals surface area contributed by atoms with E-state index in [1.165, 1.54) is 7.11 Å². The smallest absolute Gasteiger partial charge is 0.305 e. The lowest BCUT2D eigenvalue weighted by Gasteiger charge is -2.16. The molecule has 0 saturated heterocycles. The predicted octanol–water partition coefficient (Wildman–Crippen LogP) is 1.18. The number of aromatic nitrogens is 1. The van der Waals surface area contributed by atoms with Crippen LogP contribution in [0.2, 0.25) is 0 Å². The standard InChI is InChI=1S/C11H16N2O3/c1-6-4-9(16-3)11(7(2)13-6)8(12)5-10(14)15/h4,8H,5,12H2,1-3H3,(H,14,15). The topological polar surface area (TPSA) is 85.4 Å². The summed E-state index contributed by atoms with van der Waals surface area (Å²) in [5, 5.41) is 8.71. The molecule has 0 fully saturated rings. The molecule has 5 nitrogen and oxygen atoms in total. The van der Waals surface area contributed by atoms with Gasteiger partial charge in [-0.15, -0.1) is 0 Å². The van der Waals surface area contributed by atoms with Crippen LogP contribution >= 0.6 is 0 Å². The maximum atomic E-state index is 10.6. The number of rotatable bonds is 4. The van der Waals surface area contributed by atoms with Crippen LogP contribution in [0.3, 0.4) is 0 Å². The van der Waals surface area contributed by atoms with Crippen molar-refractivity contribution >= 4 is 5.97 Å². The average Bonchev–Trinajstić information content (AvgIpc) is 2.14. The molecular formula is C11H16N2O3. The summed E-state index contributed by atoms with van der Waals surface area (Å²) in [6, 6.07) is 1.16. The van der Waals surface area contributed by atoms with Gasteiger partial charge in [-0.25, -0.2) is 0 Å². The number of hydrogen-bond donors (Lipinski definition) is 2. The van der Waals surface area contributed by atoms with Gasteiger partial charge >= 0.3 is 5.97 Å². The Morgan fingerprint density at radius 3 is 2.75 bits per heavy atom. The number of ether oxygens (including phenoxy) is 1. The Morgan fingerprint density at radius 1 is 1.62 bits per heavy atom. The third-order valence-electron chi connectivity index (χ3n) is 2.32. The SMILES string of the molecule is COc1cc(C)nc(C)c1C(N)CC(=O)O. The van der Waals surface area contributed by atoms with Crippen LogP contribution in [-0.2, 0) is 4.79 Å². The fourth-order valence-corrected chi connectivity index (χ4v) is 1.71. The number of nitrogens with zero attached hydrogens (tertiary/aromatic N) is 1. The van der Waals surface area contributed by atoms with E-state index in [0.29, 0.717) is 17.0 Å². The zero-order valence-electron chi connectivity index (χ0n) is 9.65. The van der Waals surface area contributed by atoms with E-state index in [0.717, 1.165) is 5.69 Å². The van der Waals surface area contributed by atoms with E-state index >= 15 is 0 Å². The van der Waals surface area contributed by atoms with E-state index in [4.69, 9.17) is 15.6 Å². The molecule has 1 rings (SSSR count). The molecule has 0 saturated carbocycles. The van der Waals surface area contributed by atoms with E-state index in [1.54, 1.807) is 13.0 Å². The van der Waals surface area contributed by atoms with E-state index < -0.39 is 12.0 Å². The number of aliphatic carboxylic acids is 1. The molecule has 0 aromatic carbocycles. The molecule has 0 aliphatic rings. The van der Waals surface area contributed by atoms with Gasteiger partial charge in [0.15, 0.2) is 0 Å². The summed E-state index contributed by atoms with van der Waals surface area (Å²) in [4.78, 5) is 14.9. The van der Waals surface area contributed by atoms with Crippen LogP contribution in [0.5, 0.6) is 5.75 Å². The van der Waals surface area contributed by atoms with Crippen LogP contribution in [0.1, 0.15) is 29.4 Å². The zero-order chi connectivity index (χ0) is 12.3. The summed E-state index contributed by atoms with van der Waals surface area (Å²) in [6.07, 6.45) is -0.137. The molecule has 0 radical (unpaired) electrons. The van der Waals surface area contributed by atoms with Gasteiger partial charge in [0.2, 0.25) is 0 Å². The van der Waals surface area contributed by atoms with Gasteiger partial charge in [0.25, 0.3) is 0 Å². The third kappa shape index (κ3) is 2.70. The van der Waals surface area contributed by atoms with Crippen molar-refractivity contribution in [1.29, 1.82) is 0 Å². The van der Waals surface area contributed by atoms with E-state index in [2.05, 4.69) is 4.98 Å². The Bertz CT molecular complexity index is 404. The van der Waals surface area contributed by atoms with Crippen molar-refractivity contribution in [3.05, 3.63) is 23.0 Å². The van der Waals surface area contributed by atoms with Crippen molar-refractivity contribution in [2.45, 2.75) is 26.3 Å². The van der Waals surface area contributed by atoms with Gasteiger partial charge in [0.05, 0.1) is 13.5 Å². The number of pyridine rings is 1. The molecule has 0 amide bonds. The summed E-state index contributed by atoms with van der Waals surface area (Å²) >= 11 is 0. The van der Waals surface area contributed by atoms with Crippen molar-refractivity contribution in [1.82, 2.24) is 4.98 Å². The monoisotopic (exact) mass is 224 g/mol. The summed E-state index contributed by atoms with van der Waals surface area (Å²) in [5.74, 6) is -0.340. The molecule has 1 heterocycles. The van der Waals surface area contributed by atoms with Crippen molar-refractivity contribution in [3.8, 4) is 5.75 Å². The molecule has 0 aliphatic carbocycles. The predicted molar refractivity (Wildman–Crippen MR) is 59.4 cm³/mol. The van der Waals surface area contributed by atoms with Crippen LogP contribution in [0.4, 0.5) is 0 Å². The fraction of sp³-hybridized carbons (Fsp3) is 0.455. The maximum absolute atomic E-state index is 10.6. The highest BCUT2D eigenvalue weighted by Crippen LogP contribution is 2.28. The minimum absolute atomic E-state index is 0.137. The minimum atomic E-state index is -0.936. The number of nitrogens with two attached hydrogens (primary N) is 1. The molecule has 88 valence electrons. The summed E-state index contributed by atoms with van der Waals surface area (Å²) in [6.45, 7) is 3.65. The molecule has 16 heavy (non-hydrogen) atoms. The lowest BCUT2D eigenvalue weighted by Crippen LogP contribution is -2.18. The average molecular weight is 224 g/mol. The van der Waals surface area contributed by atoms with Gasteiger partial charge in [-0.05, 0) is 13.8 Å². The summed E-state index contributed by atoms with van der Waals surface area (Å²) < 4.78 is 5.20. The molecule has 1 aromatic heterocycles. The van der Waals surface area contributed by atoms with Gasteiger partial charge in [0, 0.05) is 29.1 Å². The Balaban J connectivity index is 3.15. The number of hydrogen-bond acceptors (Lipinski definition) is 4.